The SMILES string of the molecule is Cc1cc2[nH]c([C@H]3C4Oc5ccc(Oc6ccnc7c6CCC(=O)N7)cc5[C@@H]43)nc2cc1F. The monoisotopic (exact) mass is 442 g/mol. The van der Waals surface area contributed by atoms with Crippen molar-refractivity contribution in [2.24, 2.45) is 0 Å². The summed E-state index contributed by atoms with van der Waals surface area (Å²) < 4.78 is 26.3. The van der Waals surface area contributed by atoms with Gasteiger partial charge >= 0.3 is 0 Å². The van der Waals surface area contributed by atoms with E-state index in [2.05, 4.69) is 20.3 Å². The van der Waals surface area contributed by atoms with Crippen LogP contribution in [0.15, 0.2) is 42.6 Å². The van der Waals surface area contributed by atoms with Crippen molar-refractivity contribution in [3.8, 4) is 17.2 Å². The van der Waals surface area contributed by atoms with Crippen molar-refractivity contribution < 1.29 is 18.7 Å². The molecular formula is C25H19FN4O3. The summed E-state index contributed by atoms with van der Waals surface area (Å²) >= 11 is 0. The number of nitrogens with zero attached hydrogens (tertiary/aromatic N) is 2. The summed E-state index contributed by atoms with van der Waals surface area (Å²) in [5.41, 5.74) is 4.04. The van der Waals surface area contributed by atoms with Crippen LogP contribution in [0, 0.1) is 12.7 Å². The molecule has 1 amide bonds. The predicted molar refractivity (Wildman–Crippen MR) is 118 cm³/mol. The molecule has 7 nitrogen and oxygen atoms in total. The van der Waals surface area contributed by atoms with Crippen LogP contribution < -0.4 is 14.8 Å². The second-order valence-electron chi connectivity index (χ2n) is 8.86. The van der Waals surface area contributed by atoms with E-state index >= 15 is 0 Å². The average Bonchev–Trinajstić information content (AvgIpc) is 3.15. The molecule has 1 saturated carbocycles. The van der Waals surface area contributed by atoms with Gasteiger partial charge in [0.25, 0.3) is 0 Å². The molecule has 2 aromatic heterocycles. The number of pyridine rings is 1. The number of carbonyl (C=O) groups is 1. The fourth-order valence-corrected chi connectivity index (χ4v) is 5.03. The average molecular weight is 442 g/mol. The lowest BCUT2D eigenvalue weighted by Gasteiger charge is -2.19. The predicted octanol–water partition coefficient (Wildman–Crippen LogP) is 4.72. The Kier molecular flexibility index (Phi) is 3.69. The zero-order chi connectivity index (χ0) is 22.3. The van der Waals surface area contributed by atoms with Gasteiger partial charge in [0.2, 0.25) is 5.91 Å². The lowest BCUT2D eigenvalue weighted by atomic mass is 10.1. The number of H-pyrrole nitrogens is 1. The summed E-state index contributed by atoms with van der Waals surface area (Å²) in [7, 11) is 0. The van der Waals surface area contributed by atoms with E-state index in [9.17, 15) is 9.18 Å². The Morgan fingerprint density at radius 2 is 2.06 bits per heavy atom. The first kappa shape index (κ1) is 18.6. The van der Waals surface area contributed by atoms with Crippen LogP contribution in [-0.2, 0) is 11.2 Å². The first-order valence-electron chi connectivity index (χ1n) is 11.0. The van der Waals surface area contributed by atoms with E-state index in [4.69, 9.17) is 9.47 Å². The zero-order valence-electron chi connectivity index (χ0n) is 17.7. The fourth-order valence-electron chi connectivity index (χ4n) is 5.03. The van der Waals surface area contributed by atoms with Gasteiger partial charge in [-0.1, -0.05) is 0 Å². The van der Waals surface area contributed by atoms with Gasteiger partial charge in [-0.25, -0.2) is 14.4 Å². The molecule has 0 spiro atoms. The molecule has 2 N–H and O–H groups in total. The Morgan fingerprint density at radius 3 is 2.97 bits per heavy atom. The van der Waals surface area contributed by atoms with Crippen LogP contribution in [-0.4, -0.2) is 27.0 Å². The number of carbonyl (C=O) groups excluding carboxylic acids is 1. The molecule has 2 aliphatic heterocycles. The van der Waals surface area contributed by atoms with Gasteiger partial charge in [0.15, 0.2) is 0 Å². The Labute approximate surface area is 188 Å². The van der Waals surface area contributed by atoms with Gasteiger partial charge in [0.1, 0.15) is 40.8 Å². The highest BCUT2D eigenvalue weighted by Crippen LogP contribution is 2.63. The number of halogens is 1. The number of benzene rings is 2. The van der Waals surface area contributed by atoms with Crippen LogP contribution in [0.3, 0.4) is 0 Å². The van der Waals surface area contributed by atoms with Crippen molar-refractivity contribution in [1.82, 2.24) is 15.0 Å². The van der Waals surface area contributed by atoms with E-state index in [0.29, 0.717) is 41.2 Å². The number of hydrogen-bond acceptors (Lipinski definition) is 5. The van der Waals surface area contributed by atoms with E-state index in [1.807, 2.05) is 24.3 Å². The van der Waals surface area contributed by atoms with Crippen molar-refractivity contribution in [2.45, 2.75) is 37.7 Å². The summed E-state index contributed by atoms with van der Waals surface area (Å²) in [5.74, 6) is 3.64. The lowest BCUT2D eigenvalue weighted by Crippen LogP contribution is -2.20. The van der Waals surface area contributed by atoms with Crippen molar-refractivity contribution in [1.29, 1.82) is 0 Å². The van der Waals surface area contributed by atoms with E-state index in [0.717, 1.165) is 28.2 Å². The minimum atomic E-state index is -0.252. The molecule has 3 atom stereocenters. The number of anilines is 1. The van der Waals surface area contributed by atoms with E-state index in [-0.39, 0.29) is 29.7 Å². The van der Waals surface area contributed by atoms with E-state index < -0.39 is 0 Å². The molecule has 2 aromatic carbocycles. The fraction of sp³-hybridized carbons (Fsp3) is 0.240. The Hall–Kier alpha value is -3.94. The van der Waals surface area contributed by atoms with Crippen molar-refractivity contribution in [3.63, 3.8) is 0 Å². The molecule has 7 rings (SSSR count). The molecule has 8 heteroatoms. The third kappa shape index (κ3) is 2.83. The Bertz CT molecular complexity index is 1440. The van der Waals surface area contributed by atoms with Crippen LogP contribution in [0.5, 0.6) is 17.2 Å². The Morgan fingerprint density at radius 1 is 1.15 bits per heavy atom. The third-order valence-corrected chi connectivity index (χ3v) is 6.75. The number of fused-ring (bicyclic) bond motifs is 5. The number of nitrogens with one attached hydrogen (secondary N) is 2. The van der Waals surface area contributed by atoms with Gasteiger partial charge in [-0.2, -0.15) is 0 Å². The standard InChI is InChI=1S/C25H19FN4O3/c1-11-8-16-17(10-15(11)26)29-25(28-16)22-21-14-9-12(2-4-18(14)33-23(21)22)32-19-6-7-27-24-13(19)3-5-20(31)30-24/h2,4,6-10,21-23H,3,5H2,1H3,(H,28,29)(H,27,30,31)/t21-,22-,23?/m1/s1. The first-order chi connectivity index (χ1) is 16.0. The number of rotatable bonds is 3. The summed E-state index contributed by atoms with van der Waals surface area (Å²) in [6, 6.07) is 10.9. The number of aromatic nitrogens is 3. The molecule has 0 bridgehead atoms. The smallest absolute Gasteiger partial charge is 0.225 e. The maximum atomic E-state index is 13.9. The van der Waals surface area contributed by atoms with E-state index in [1.54, 1.807) is 19.2 Å². The minimum absolute atomic E-state index is 0.0191. The second kappa shape index (κ2) is 6.54. The molecule has 164 valence electrons. The molecule has 1 fully saturated rings. The highest BCUT2D eigenvalue weighted by atomic mass is 19.1. The van der Waals surface area contributed by atoms with Crippen molar-refractivity contribution >= 4 is 22.8 Å². The topological polar surface area (TPSA) is 89.1 Å². The first-order valence-corrected chi connectivity index (χ1v) is 11.0. The third-order valence-electron chi connectivity index (χ3n) is 6.75. The van der Waals surface area contributed by atoms with Gasteiger partial charge < -0.3 is 19.8 Å². The van der Waals surface area contributed by atoms with Gasteiger partial charge in [0, 0.05) is 35.7 Å². The second-order valence-corrected chi connectivity index (χ2v) is 8.86. The number of ether oxygens (including phenoxy) is 2. The molecule has 0 saturated heterocycles. The largest absolute Gasteiger partial charge is 0.489 e. The highest BCUT2D eigenvalue weighted by molar-refractivity contribution is 5.93. The summed E-state index contributed by atoms with van der Waals surface area (Å²) in [6.07, 6.45) is 2.66. The zero-order valence-corrected chi connectivity index (χ0v) is 17.7. The number of imidazole rings is 1. The lowest BCUT2D eigenvalue weighted by molar-refractivity contribution is -0.116. The maximum absolute atomic E-state index is 13.9. The number of hydrogen-bond donors (Lipinski definition) is 2. The molecule has 33 heavy (non-hydrogen) atoms. The van der Waals surface area contributed by atoms with Crippen LogP contribution in [0.2, 0.25) is 0 Å². The molecule has 1 unspecified atom stereocenters. The quantitative estimate of drug-likeness (QED) is 0.479. The van der Waals surface area contributed by atoms with Crippen LogP contribution >= 0.6 is 0 Å². The normalized spacial score (nSPS) is 22.2. The molecule has 3 aliphatic rings. The van der Waals surface area contributed by atoms with Crippen LogP contribution in [0.1, 0.15) is 40.8 Å². The van der Waals surface area contributed by atoms with Crippen molar-refractivity contribution in [3.05, 3.63) is 70.9 Å². The van der Waals surface area contributed by atoms with Crippen LogP contribution in [0.4, 0.5) is 10.2 Å². The van der Waals surface area contributed by atoms with Gasteiger partial charge in [-0.3, -0.25) is 4.79 Å². The summed E-state index contributed by atoms with van der Waals surface area (Å²) in [5, 5.41) is 2.80. The van der Waals surface area contributed by atoms with Gasteiger partial charge in [-0.15, -0.1) is 0 Å². The van der Waals surface area contributed by atoms with E-state index in [1.165, 1.54) is 6.07 Å². The molecular weight excluding hydrogens is 423 g/mol. The Balaban J connectivity index is 1.18. The van der Waals surface area contributed by atoms with Gasteiger partial charge in [-0.05, 0) is 49.2 Å². The minimum Gasteiger partial charge on any atom is -0.489 e. The number of amides is 1. The molecule has 4 aromatic rings. The molecule has 4 heterocycles. The maximum Gasteiger partial charge on any atom is 0.225 e. The summed E-state index contributed by atoms with van der Waals surface area (Å²) in [4.78, 5) is 23.9. The molecule has 1 aliphatic carbocycles. The van der Waals surface area contributed by atoms with Crippen LogP contribution in [0.25, 0.3) is 11.0 Å². The molecule has 0 radical (unpaired) electrons. The highest BCUT2D eigenvalue weighted by Gasteiger charge is 2.61. The summed E-state index contributed by atoms with van der Waals surface area (Å²) in [6.45, 7) is 1.75. The van der Waals surface area contributed by atoms with Gasteiger partial charge in [0.05, 0.1) is 17.0 Å². The van der Waals surface area contributed by atoms with Crippen molar-refractivity contribution in [2.75, 3.05) is 5.32 Å². The number of aryl methyl sites for hydroxylation is 1. The number of aromatic amines is 1.